The van der Waals surface area contributed by atoms with Gasteiger partial charge >= 0.3 is 13.1 Å². The SMILES string of the molecule is CC(=O)SCC(=Cc1ccc(CC(=O)O)c(Cl)c1)B1OC(C)(C)C(C)(C)O1. The van der Waals surface area contributed by atoms with Crippen LogP contribution in [0.15, 0.2) is 23.7 Å². The Morgan fingerprint density at radius 2 is 1.81 bits per heavy atom. The Balaban J connectivity index is 2.32. The lowest BCUT2D eigenvalue weighted by Crippen LogP contribution is -2.41. The summed E-state index contributed by atoms with van der Waals surface area (Å²) in [6.07, 6.45) is 1.75. The van der Waals surface area contributed by atoms with Crippen molar-refractivity contribution in [2.24, 2.45) is 0 Å². The van der Waals surface area contributed by atoms with E-state index in [9.17, 15) is 9.59 Å². The van der Waals surface area contributed by atoms with Gasteiger partial charge in [-0.15, -0.1) is 0 Å². The molecule has 1 heterocycles. The van der Waals surface area contributed by atoms with Crippen LogP contribution in [0.3, 0.4) is 0 Å². The van der Waals surface area contributed by atoms with Gasteiger partial charge in [0.05, 0.1) is 17.6 Å². The topological polar surface area (TPSA) is 72.8 Å². The maximum atomic E-state index is 11.4. The molecule has 1 aliphatic rings. The predicted octanol–water partition coefficient (Wildman–Crippen LogP) is 4.26. The third-order valence-corrected chi connectivity index (χ3v) is 6.01. The molecule has 0 saturated carbocycles. The Kier molecular flexibility index (Phi) is 6.84. The zero-order chi connectivity index (χ0) is 20.4. The number of benzene rings is 1. The lowest BCUT2D eigenvalue weighted by Gasteiger charge is -2.32. The van der Waals surface area contributed by atoms with E-state index in [1.807, 2.05) is 33.8 Å². The van der Waals surface area contributed by atoms with Crippen LogP contribution in [0.25, 0.3) is 6.08 Å². The van der Waals surface area contributed by atoms with E-state index >= 15 is 0 Å². The van der Waals surface area contributed by atoms with Gasteiger partial charge in [0, 0.05) is 17.7 Å². The molecule has 8 heteroatoms. The molecule has 0 bridgehead atoms. The first-order valence-corrected chi connectivity index (χ1v) is 9.97. The average Bonchev–Trinajstić information content (AvgIpc) is 2.73. The van der Waals surface area contributed by atoms with E-state index in [1.54, 1.807) is 18.2 Å². The first kappa shape index (κ1) is 22.0. The van der Waals surface area contributed by atoms with E-state index in [0.717, 1.165) is 11.0 Å². The third kappa shape index (κ3) is 5.61. The highest BCUT2D eigenvalue weighted by Gasteiger charge is 2.52. The van der Waals surface area contributed by atoms with Crippen LogP contribution in [0, 0.1) is 0 Å². The van der Waals surface area contributed by atoms with Crippen LogP contribution < -0.4 is 0 Å². The van der Waals surface area contributed by atoms with Crippen LogP contribution in [0.4, 0.5) is 0 Å². The maximum Gasteiger partial charge on any atom is 0.491 e. The number of carboxylic acid groups (broad SMARTS) is 1. The molecule has 1 N–H and O–H groups in total. The van der Waals surface area contributed by atoms with Crippen molar-refractivity contribution in [1.82, 2.24) is 0 Å². The fourth-order valence-electron chi connectivity index (χ4n) is 2.53. The number of halogens is 1. The summed E-state index contributed by atoms with van der Waals surface area (Å²) in [7, 11) is -0.570. The van der Waals surface area contributed by atoms with Crippen LogP contribution in [0.2, 0.25) is 5.02 Å². The van der Waals surface area contributed by atoms with Crippen molar-refractivity contribution in [3.05, 3.63) is 39.8 Å². The molecule has 1 fully saturated rings. The normalized spacial score (nSPS) is 18.6. The molecule has 5 nitrogen and oxygen atoms in total. The van der Waals surface area contributed by atoms with Gasteiger partial charge in [0.15, 0.2) is 5.12 Å². The lowest BCUT2D eigenvalue weighted by atomic mass is 9.78. The van der Waals surface area contributed by atoms with Crippen molar-refractivity contribution >= 4 is 47.6 Å². The molecule has 1 aliphatic heterocycles. The number of hydrogen-bond donors (Lipinski definition) is 1. The monoisotopic (exact) mass is 410 g/mol. The number of thioether (sulfide) groups is 1. The summed E-state index contributed by atoms with van der Waals surface area (Å²) < 4.78 is 12.2. The fraction of sp³-hybridized carbons (Fsp3) is 0.474. The van der Waals surface area contributed by atoms with Crippen molar-refractivity contribution in [2.45, 2.75) is 52.2 Å². The molecule has 146 valence electrons. The van der Waals surface area contributed by atoms with Crippen LogP contribution in [0.1, 0.15) is 45.7 Å². The number of carbonyl (C=O) groups excluding carboxylic acids is 1. The summed E-state index contributed by atoms with van der Waals surface area (Å²) in [5.74, 6) is -0.503. The quantitative estimate of drug-likeness (QED) is 0.706. The van der Waals surface area contributed by atoms with Gasteiger partial charge in [-0.25, -0.2) is 0 Å². The summed E-state index contributed by atoms with van der Waals surface area (Å²) in [6, 6.07) is 5.21. The molecule has 1 saturated heterocycles. The van der Waals surface area contributed by atoms with Crippen LogP contribution >= 0.6 is 23.4 Å². The minimum Gasteiger partial charge on any atom is -0.481 e. The number of rotatable bonds is 6. The number of carbonyl (C=O) groups is 2. The van der Waals surface area contributed by atoms with Gasteiger partial charge in [-0.05, 0) is 50.4 Å². The summed E-state index contributed by atoms with van der Waals surface area (Å²) in [4.78, 5) is 22.3. The van der Waals surface area contributed by atoms with Crippen molar-refractivity contribution < 1.29 is 24.0 Å². The Morgan fingerprint density at radius 1 is 1.22 bits per heavy atom. The second-order valence-electron chi connectivity index (χ2n) is 7.51. The highest BCUT2D eigenvalue weighted by molar-refractivity contribution is 8.13. The summed E-state index contributed by atoms with van der Waals surface area (Å²) in [6.45, 7) is 9.41. The molecule has 0 aromatic heterocycles. The van der Waals surface area contributed by atoms with E-state index in [0.29, 0.717) is 16.3 Å². The Bertz CT molecular complexity index is 759. The molecule has 0 spiro atoms. The molecule has 0 atom stereocenters. The zero-order valence-electron chi connectivity index (χ0n) is 16.2. The molecule has 0 radical (unpaired) electrons. The van der Waals surface area contributed by atoms with Gasteiger partial charge in [-0.1, -0.05) is 41.6 Å². The van der Waals surface area contributed by atoms with Gasteiger partial charge in [0.2, 0.25) is 0 Å². The first-order valence-electron chi connectivity index (χ1n) is 8.61. The predicted molar refractivity (Wildman–Crippen MR) is 110 cm³/mol. The average molecular weight is 411 g/mol. The van der Waals surface area contributed by atoms with Crippen molar-refractivity contribution in [3.63, 3.8) is 0 Å². The van der Waals surface area contributed by atoms with E-state index < -0.39 is 24.3 Å². The largest absolute Gasteiger partial charge is 0.491 e. The number of carboxylic acids is 1. The zero-order valence-corrected chi connectivity index (χ0v) is 17.7. The van der Waals surface area contributed by atoms with Gasteiger partial charge in [-0.3, -0.25) is 9.59 Å². The summed E-state index contributed by atoms with van der Waals surface area (Å²) in [5, 5.41) is 9.33. The van der Waals surface area contributed by atoms with Gasteiger partial charge in [0.25, 0.3) is 0 Å². The molecule has 1 aromatic rings. The molecule has 1 aromatic carbocycles. The van der Waals surface area contributed by atoms with Gasteiger partial charge < -0.3 is 14.4 Å². The first-order chi connectivity index (χ1) is 12.4. The van der Waals surface area contributed by atoms with Crippen LogP contribution in [-0.4, -0.2) is 40.3 Å². The third-order valence-electron chi connectivity index (χ3n) is 4.77. The Hall–Kier alpha value is -1.28. The second kappa shape index (κ2) is 8.39. The standard InChI is InChI=1S/C19H24BClO5S/c1-12(22)27-11-15(20-25-18(2,3)19(4,5)26-20)8-13-6-7-14(10-17(23)24)16(21)9-13/h6-9H,10-11H2,1-5H3,(H,23,24). The van der Waals surface area contributed by atoms with Crippen molar-refractivity contribution in [3.8, 4) is 0 Å². The van der Waals surface area contributed by atoms with Gasteiger partial charge in [0.1, 0.15) is 0 Å². The molecule has 0 aliphatic carbocycles. The van der Waals surface area contributed by atoms with Gasteiger partial charge in [-0.2, -0.15) is 0 Å². The minimum atomic E-state index is -0.934. The van der Waals surface area contributed by atoms with Crippen molar-refractivity contribution in [2.75, 3.05) is 5.75 Å². The molecule has 0 amide bonds. The van der Waals surface area contributed by atoms with Crippen molar-refractivity contribution in [1.29, 1.82) is 0 Å². The summed E-state index contributed by atoms with van der Waals surface area (Å²) in [5.41, 5.74) is 1.19. The second-order valence-corrected chi connectivity index (χ2v) is 9.07. The molecule has 27 heavy (non-hydrogen) atoms. The highest BCUT2D eigenvalue weighted by Crippen LogP contribution is 2.39. The van der Waals surface area contributed by atoms with Crippen LogP contribution in [-0.2, 0) is 25.3 Å². The number of aliphatic carboxylic acids is 1. The molecule has 2 rings (SSSR count). The molecular weight excluding hydrogens is 387 g/mol. The minimum absolute atomic E-state index is 0.00672. The van der Waals surface area contributed by atoms with E-state index in [-0.39, 0.29) is 11.5 Å². The molecule has 0 unspecified atom stereocenters. The molecular formula is C19H24BClO5S. The van der Waals surface area contributed by atoms with E-state index in [1.165, 1.54) is 18.7 Å². The lowest BCUT2D eigenvalue weighted by molar-refractivity contribution is -0.136. The number of hydrogen-bond acceptors (Lipinski definition) is 5. The smallest absolute Gasteiger partial charge is 0.481 e. The Morgan fingerprint density at radius 3 is 2.30 bits per heavy atom. The fourth-order valence-corrected chi connectivity index (χ4v) is 3.38. The maximum absolute atomic E-state index is 11.4. The van der Waals surface area contributed by atoms with E-state index in [2.05, 4.69) is 0 Å². The summed E-state index contributed by atoms with van der Waals surface area (Å²) >= 11 is 7.40. The Labute approximate surface area is 169 Å². The van der Waals surface area contributed by atoms with E-state index in [4.69, 9.17) is 26.0 Å². The highest BCUT2D eigenvalue weighted by atomic mass is 35.5. The van der Waals surface area contributed by atoms with Crippen LogP contribution in [0.5, 0.6) is 0 Å².